The van der Waals surface area contributed by atoms with E-state index in [-0.39, 0.29) is 0 Å². The van der Waals surface area contributed by atoms with Crippen LogP contribution in [0.5, 0.6) is 0 Å². The zero-order valence-electron chi connectivity index (χ0n) is 7.34. The average molecular weight is 199 g/mol. The average Bonchev–Trinajstić information content (AvgIpc) is 2.85. The van der Waals surface area contributed by atoms with Crippen LogP contribution in [0.2, 0.25) is 0 Å². The lowest BCUT2D eigenvalue weighted by Gasteiger charge is -1.96. The van der Waals surface area contributed by atoms with Gasteiger partial charge in [-0.15, -0.1) is 11.3 Å². The van der Waals surface area contributed by atoms with E-state index in [1.54, 1.807) is 23.7 Å². The second-order valence-electron chi connectivity index (χ2n) is 3.03. The summed E-state index contributed by atoms with van der Waals surface area (Å²) in [5.41, 5.74) is 1.13. The Morgan fingerprint density at radius 1 is 1.07 bits per heavy atom. The molecule has 0 N–H and O–H groups in total. The zero-order chi connectivity index (χ0) is 9.38. The molecule has 0 aliphatic carbocycles. The van der Waals surface area contributed by atoms with Crippen molar-refractivity contribution in [3.8, 4) is 0 Å². The van der Waals surface area contributed by atoms with Gasteiger partial charge in [-0.2, -0.15) is 0 Å². The molecule has 1 aliphatic rings. The standard InChI is InChI=1S/C11H7N2S/c1-2-4-10-8(3-1)9(7-14-10)11-12-5-6-13-11/h1-7H. The van der Waals surface area contributed by atoms with Crippen molar-refractivity contribution in [1.29, 1.82) is 0 Å². The highest BCUT2D eigenvalue weighted by Crippen LogP contribution is 2.26. The van der Waals surface area contributed by atoms with Crippen LogP contribution < -0.4 is 5.32 Å². The van der Waals surface area contributed by atoms with Gasteiger partial charge >= 0.3 is 0 Å². The van der Waals surface area contributed by atoms with Crippen molar-refractivity contribution in [2.75, 3.05) is 0 Å². The van der Waals surface area contributed by atoms with Crippen LogP contribution in [-0.2, 0) is 0 Å². The lowest BCUT2D eigenvalue weighted by atomic mass is 10.1. The molecule has 0 atom stereocenters. The van der Waals surface area contributed by atoms with E-state index < -0.39 is 0 Å². The molecule has 0 fully saturated rings. The molecular weight excluding hydrogens is 192 g/mol. The third-order valence-electron chi connectivity index (χ3n) is 2.18. The topological polar surface area (TPSA) is 26.5 Å². The largest absolute Gasteiger partial charge is 0.235 e. The van der Waals surface area contributed by atoms with Gasteiger partial charge in [0, 0.05) is 33.4 Å². The third kappa shape index (κ3) is 1.06. The van der Waals surface area contributed by atoms with Gasteiger partial charge in [-0.3, -0.25) is 0 Å². The molecule has 0 bridgehead atoms. The normalized spacial score (nSPS) is 14.4. The van der Waals surface area contributed by atoms with Gasteiger partial charge in [0.2, 0.25) is 0 Å². The smallest absolute Gasteiger partial charge is 0.160 e. The van der Waals surface area contributed by atoms with Gasteiger partial charge in [0.1, 0.15) is 0 Å². The molecule has 14 heavy (non-hydrogen) atoms. The number of amidine groups is 1. The molecule has 1 aliphatic heterocycles. The van der Waals surface area contributed by atoms with Crippen LogP contribution in [0.4, 0.5) is 0 Å². The van der Waals surface area contributed by atoms with Gasteiger partial charge in [0.05, 0.1) is 0 Å². The highest BCUT2D eigenvalue weighted by atomic mass is 32.1. The number of fused-ring (bicyclic) bond motifs is 1. The summed E-state index contributed by atoms with van der Waals surface area (Å²) < 4.78 is 1.28. The highest BCUT2D eigenvalue weighted by molar-refractivity contribution is 7.17. The molecule has 2 aromatic rings. The monoisotopic (exact) mass is 199 g/mol. The van der Waals surface area contributed by atoms with E-state index in [1.165, 1.54) is 10.1 Å². The maximum absolute atomic E-state index is 4.20. The Morgan fingerprint density at radius 3 is 2.86 bits per heavy atom. The lowest BCUT2D eigenvalue weighted by Crippen LogP contribution is -2.06. The fourth-order valence-electron chi connectivity index (χ4n) is 1.53. The second-order valence-corrected chi connectivity index (χ2v) is 3.94. The van der Waals surface area contributed by atoms with Crippen molar-refractivity contribution in [2.24, 2.45) is 4.99 Å². The second kappa shape index (κ2) is 2.96. The number of nitrogens with zero attached hydrogens (tertiary/aromatic N) is 2. The molecule has 1 radical (unpaired) electrons. The number of hydrogen-bond donors (Lipinski definition) is 0. The molecule has 3 heteroatoms. The quantitative estimate of drug-likeness (QED) is 0.675. The van der Waals surface area contributed by atoms with Crippen LogP contribution in [0.3, 0.4) is 0 Å². The van der Waals surface area contributed by atoms with Gasteiger partial charge < -0.3 is 0 Å². The molecule has 0 amide bonds. The zero-order valence-corrected chi connectivity index (χ0v) is 8.16. The minimum absolute atomic E-state index is 0.822. The summed E-state index contributed by atoms with van der Waals surface area (Å²) in [5, 5.41) is 7.56. The molecule has 2 heterocycles. The van der Waals surface area contributed by atoms with E-state index in [4.69, 9.17) is 0 Å². The number of rotatable bonds is 1. The molecular formula is C11H7N2S. The molecule has 3 rings (SSSR count). The summed E-state index contributed by atoms with van der Waals surface area (Å²) in [7, 11) is 0. The van der Waals surface area contributed by atoms with E-state index in [0.717, 1.165) is 11.4 Å². The van der Waals surface area contributed by atoms with Gasteiger partial charge in [-0.05, 0) is 6.07 Å². The predicted octanol–water partition coefficient (Wildman–Crippen LogP) is 2.74. The summed E-state index contributed by atoms with van der Waals surface area (Å²) >= 11 is 1.73. The molecule has 0 unspecified atom stereocenters. The first-order valence-electron chi connectivity index (χ1n) is 4.35. The third-order valence-corrected chi connectivity index (χ3v) is 3.15. The van der Waals surface area contributed by atoms with Crippen molar-refractivity contribution in [2.45, 2.75) is 0 Å². The van der Waals surface area contributed by atoms with Gasteiger partial charge in [0.25, 0.3) is 0 Å². The Hall–Kier alpha value is -1.61. The van der Waals surface area contributed by atoms with Crippen molar-refractivity contribution >= 4 is 27.3 Å². The maximum Gasteiger partial charge on any atom is 0.160 e. The van der Waals surface area contributed by atoms with Crippen molar-refractivity contribution < 1.29 is 0 Å². The fourth-order valence-corrected chi connectivity index (χ4v) is 2.47. The summed E-state index contributed by atoms with van der Waals surface area (Å²) in [6, 6.07) is 8.32. The first-order chi connectivity index (χ1) is 6.95. The Labute approximate surface area is 85.6 Å². The van der Waals surface area contributed by atoms with Crippen molar-refractivity contribution in [3.05, 3.63) is 47.6 Å². The Balaban J connectivity index is 2.22. The maximum atomic E-state index is 4.20. The van der Waals surface area contributed by atoms with E-state index in [0.29, 0.717) is 0 Å². The van der Waals surface area contributed by atoms with Crippen molar-refractivity contribution in [1.82, 2.24) is 5.32 Å². The van der Waals surface area contributed by atoms with Crippen LogP contribution in [0, 0.1) is 0 Å². The lowest BCUT2D eigenvalue weighted by molar-refractivity contribution is 1.30. The van der Waals surface area contributed by atoms with Gasteiger partial charge in [-0.25, -0.2) is 10.3 Å². The van der Waals surface area contributed by atoms with E-state index in [9.17, 15) is 0 Å². The highest BCUT2D eigenvalue weighted by Gasteiger charge is 2.11. The predicted molar refractivity (Wildman–Crippen MR) is 59.6 cm³/mol. The Bertz CT molecular complexity index is 537. The number of thiophene rings is 1. The first kappa shape index (κ1) is 7.76. The van der Waals surface area contributed by atoms with E-state index in [2.05, 4.69) is 33.9 Å². The van der Waals surface area contributed by atoms with Gasteiger partial charge in [-0.1, -0.05) is 18.2 Å². The summed E-state index contributed by atoms with van der Waals surface area (Å²) in [4.78, 5) is 4.20. The van der Waals surface area contributed by atoms with Crippen LogP contribution >= 0.6 is 11.3 Å². The van der Waals surface area contributed by atoms with Crippen LogP contribution in [0.15, 0.2) is 47.0 Å². The Morgan fingerprint density at radius 2 is 2.00 bits per heavy atom. The Kier molecular flexibility index (Phi) is 1.64. The molecule has 0 spiro atoms. The van der Waals surface area contributed by atoms with Gasteiger partial charge in [0.15, 0.2) is 5.84 Å². The SMILES string of the molecule is C1=CN=C(c2csc3ccccc23)[N]1. The number of benzene rings is 1. The fraction of sp³-hybridized carbons (Fsp3) is 0. The first-order valence-corrected chi connectivity index (χ1v) is 5.23. The molecule has 67 valence electrons. The van der Waals surface area contributed by atoms with E-state index >= 15 is 0 Å². The summed E-state index contributed by atoms with van der Waals surface area (Å²) in [6.45, 7) is 0. The van der Waals surface area contributed by atoms with Crippen LogP contribution in [-0.4, -0.2) is 5.84 Å². The minimum atomic E-state index is 0.822. The van der Waals surface area contributed by atoms with E-state index in [1.807, 2.05) is 6.07 Å². The number of aliphatic imine (C=N–C) groups is 1. The number of hydrogen-bond acceptors (Lipinski definition) is 2. The summed E-state index contributed by atoms with van der Waals surface area (Å²) in [5.74, 6) is 0.822. The summed E-state index contributed by atoms with van der Waals surface area (Å²) in [6.07, 6.45) is 3.45. The molecule has 1 aromatic heterocycles. The minimum Gasteiger partial charge on any atom is -0.235 e. The molecule has 1 aromatic carbocycles. The molecule has 2 nitrogen and oxygen atoms in total. The molecule has 0 saturated carbocycles. The molecule has 0 saturated heterocycles. The van der Waals surface area contributed by atoms with Crippen LogP contribution in [0.25, 0.3) is 10.1 Å². The van der Waals surface area contributed by atoms with Crippen LogP contribution in [0.1, 0.15) is 5.56 Å². The van der Waals surface area contributed by atoms with Crippen molar-refractivity contribution in [3.63, 3.8) is 0 Å².